The fourth-order valence-electron chi connectivity index (χ4n) is 3.45. The first-order valence-corrected chi connectivity index (χ1v) is 10.6. The molecule has 1 unspecified atom stereocenters. The molecule has 0 spiro atoms. The fraction of sp³-hybridized carbons (Fsp3) is 0.240. The van der Waals surface area contributed by atoms with Gasteiger partial charge in [-0.15, -0.1) is 0 Å². The average Bonchev–Trinajstić information content (AvgIpc) is 3.34. The molecule has 0 fully saturated rings. The van der Waals surface area contributed by atoms with Gasteiger partial charge in [0, 0.05) is 17.8 Å². The second kappa shape index (κ2) is 9.38. The predicted molar refractivity (Wildman–Crippen MR) is 121 cm³/mol. The Bertz CT molecular complexity index is 1300. The molecular weight excluding hydrogens is 461 g/mol. The largest absolute Gasteiger partial charge is 0.497 e. The molecule has 2 aromatic carbocycles. The van der Waals surface area contributed by atoms with Crippen LogP contribution in [0.3, 0.4) is 0 Å². The molecule has 4 rings (SSSR count). The smallest absolute Gasteiger partial charge is 0.416 e. The lowest BCUT2D eigenvalue weighted by Gasteiger charge is -2.23. The topological polar surface area (TPSA) is 82.3 Å². The number of aryl methyl sites for hydroxylation is 1. The lowest BCUT2D eigenvalue weighted by atomic mass is 9.90. The normalized spacial score (nSPS) is 13.3. The van der Waals surface area contributed by atoms with E-state index in [0.29, 0.717) is 28.6 Å². The zero-order chi connectivity index (χ0) is 25.2. The number of rotatable bonds is 7. The van der Waals surface area contributed by atoms with E-state index < -0.39 is 17.3 Å². The second-order valence-electron chi connectivity index (χ2n) is 8.07. The Morgan fingerprint density at radius 2 is 1.60 bits per heavy atom. The molecule has 0 aliphatic carbocycles. The summed E-state index contributed by atoms with van der Waals surface area (Å²) in [7, 11) is 1.60. The molecule has 0 bridgehead atoms. The Morgan fingerprint density at radius 3 is 2.23 bits per heavy atom. The molecule has 10 heteroatoms. The second-order valence-corrected chi connectivity index (χ2v) is 8.07. The van der Waals surface area contributed by atoms with Crippen molar-refractivity contribution in [2.45, 2.75) is 32.2 Å². The molecular formula is C25H23F3N4O3. The number of hydrogen-bond acceptors (Lipinski definition) is 6. The van der Waals surface area contributed by atoms with Gasteiger partial charge in [0.05, 0.1) is 18.9 Å². The minimum atomic E-state index is -4.45. The highest BCUT2D eigenvalue weighted by atomic mass is 19.4. The van der Waals surface area contributed by atoms with Gasteiger partial charge in [-0.1, -0.05) is 24.3 Å². The van der Waals surface area contributed by atoms with Crippen LogP contribution < -0.4 is 9.47 Å². The number of aliphatic hydroxyl groups is 1. The number of alkyl halides is 3. The van der Waals surface area contributed by atoms with Crippen LogP contribution in [0.15, 0.2) is 67.0 Å². The van der Waals surface area contributed by atoms with E-state index in [2.05, 4.69) is 15.1 Å². The standard InChI is InChI=1S/C25H23F3N4O3/c1-16-30-22(12-23(31-16)35-15-17-4-10-21(34-3)11-5-17)32-14-20(13-29-32)24(2,33)18-6-8-19(9-7-18)25(26,27)28/h4-14,33H,15H2,1-3H3. The maximum atomic E-state index is 12.9. The third-order valence-electron chi connectivity index (χ3n) is 5.50. The summed E-state index contributed by atoms with van der Waals surface area (Å²) in [6, 6.07) is 13.4. The molecule has 7 nitrogen and oxygen atoms in total. The van der Waals surface area contributed by atoms with Crippen molar-refractivity contribution in [1.82, 2.24) is 19.7 Å². The van der Waals surface area contributed by atoms with Gasteiger partial charge < -0.3 is 14.6 Å². The Morgan fingerprint density at radius 1 is 0.943 bits per heavy atom. The molecule has 0 aliphatic rings. The molecule has 35 heavy (non-hydrogen) atoms. The number of methoxy groups -OCH3 is 1. The highest BCUT2D eigenvalue weighted by Gasteiger charge is 2.32. The third kappa shape index (κ3) is 5.43. The van der Waals surface area contributed by atoms with Crippen molar-refractivity contribution >= 4 is 0 Å². The summed E-state index contributed by atoms with van der Waals surface area (Å²) in [5.74, 6) is 1.96. The van der Waals surface area contributed by atoms with Crippen LogP contribution in [0.4, 0.5) is 13.2 Å². The van der Waals surface area contributed by atoms with Gasteiger partial charge in [0.1, 0.15) is 23.8 Å². The molecule has 4 aromatic rings. The van der Waals surface area contributed by atoms with E-state index in [1.165, 1.54) is 29.9 Å². The number of hydrogen-bond donors (Lipinski definition) is 1. The van der Waals surface area contributed by atoms with Gasteiger partial charge >= 0.3 is 6.18 Å². The van der Waals surface area contributed by atoms with E-state index in [4.69, 9.17) is 9.47 Å². The molecule has 0 amide bonds. The van der Waals surface area contributed by atoms with Crippen molar-refractivity contribution in [3.8, 4) is 17.4 Å². The van der Waals surface area contributed by atoms with E-state index in [9.17, 15) is 18.3 Å². The van der Waals surface area contributed by atoms with Gasteiger partial charge in [-0.2, -0.15) is 23.3 Å². The summed E-state index contributed by atoms with van der Waals surface area (Å²) < 4.78 is 51.0. The van der Waals surface area contributed by atoms with Crippen LogP contribution in [0.25, 0.3) is 5.82 Å². The van der Waals surface area contributed by atoms with Crippen molar-refractivity contribution in [2.24, 2.45) is 0 Å². The SMILES string of the molecule is COc1ccc(COc2cc(-n3cc(C(C)(O)c4ccc(C(F)(F)F)cc4)cn3)nc(C)n2)cc1. The Kier molecular flexibility index (Phi) is 6.49. The Balaban J connectivity index is 1.53. The van der Waals surface area contributed by atoms with E-state index in [0.717, 1.165) is 23.4 Å². The van der Waals surface area contributed by atoms with Crippen LogP contribution >= 0.6 is 0 Å². The molecule has 2 heterocycles. The minimum Gasteiger partial charge on any atom is -0.497 e. The number of benzene rings is 2. The van der Waals surface area contributed by atoms with E-state index in [1.807, 2.05) is 24.3 Å². The highest BCUT2D eigenvalue weighted by Crippen LogP contribution is 2.33. The van der Waals surface area contributed by atoms with Crippen molar-refractivity contribution < 1.29 is 27.8 Å². The Hall–Kier alpha value is -3.92. The molecule has 0 radical (unpaired) electrons. The molecule has 2 aromatic heterocycles. The number of halogens is 3. The summed E-state index contributed by atoms with van der Waals surface area (Å²) in [6.07, 6.45) is -1.45. The molecule has 1 atom stereocenters. The minimum absolute atomic E-state index is 0.285. The Labute approximate surface area is 199 Å². The van der Waals surface area contributed by atoms with Gasteiger partial charge in [0.15, 0.2) is 5.82 Å². The van der Waals surface area contributed by atoms with Crippen LogP contribution in [-0.2, 0) is 18.4 Å². The summed E-state index contributed by atoms with van der Waals surface area (Å²) in [5.41, 5.74) is -0.747. The van der Waals surface area contributed by atoms with E-state index >= 15 is 0 Å². The lowest BCUT2D eigenvalue weighted by Crippen LogP contribution is -2.22. The van der Waals surface area contributed by atoms with Crippen molar-refractivity contribution in [2.75, 3.05) is 7.11 Å². The molecule has 182 valence electrons. The van der Waals surface area contributed by atoms with Gasteiger partial charge in [-0.05, 0) is 49.2 Å². The van der Waals surface area contributed by atoms with Crippen LogP contribution in [-0.4, -0.2) is 32.0 Å². The molecule has 1 N–H and O–H groups in total. The highest BCUT2D eigenvalue weighted by molar-refractivity contribution is 5.37. The number of ether oxygens (including phenoxy) is 2. The van der Waals surface area contributed by atoms with Crippen molar-refractivity contribution in [1.29, 1.82) is 0 Å². The van der Waals surface area contributed by atoms with Crippen LogP contribution in [0, 0.1) is 6.92 Å². The van der Waals surface area contributed by atoms with Gasteiger partial charge in [0.2, 0.25) is 5.88 Å². The monoisotopic (exact) mass is 484 g/mol. The van der Waals surface area contributed by atoms with Crippen molar-refractivity contribution in [3.05, 3.63) is 95.1 Å². The molecule has 0 saturated heterocycles. The lowest BCUT2D eigenvalue weighted by molar-refractivity contribution is -0.137. The first-order valence-electron chi connectivity index (χ1n) is 10.6. The average molecular weight is 484 g/mol. The number of nitrogens with zero attached hydrogens (tertiary/aromatic N) is 4. The van der Waals surface area contributed by atoms with Crippen LogP contribution in [0.1, 0.15) is 35.0 Å². The fourth-order valence-corrected chi connectivity index (χ4v) is 3.45. The zero-order valence-corrected chi connectivity index (χ0v) is 19.2. The molecule has 0 saturated carbocycles. The summed E-state index contributed by atoms with van der Waals surface area (Å²) >= 11 is 0. The maximum Gasteiger partial charge on any atom is 0.416 e. The van der Waals surface area contributed by atoms with Crippen LogP contribution in [0.2, 0.25) is 0 Å². The molecule has 0 aliphatic heterocycles. The van der Waals surface area contributed by atoms with Gasteiger partial charge in [0.25, 0.3) is 0 Å². The first-order chi connectivity index (χ1) is 16.6. The summed E-state index contributed by atoms with van der Waals surface area (Å²) in [6.45, 7) is 3.49. The van der Waals surface area contributed by atoms with Crippen LogP contribution in [0.5, 0.6) is 11.6 Å². The van der Waals surface area contributed by atoms with E-state index in [1.54, 1.807) is 26.3 Å². The van der Waals surface area contributed by atoms with Gasteiger partial charge in [-0.25, -0.2) is 9.67 Å². The number of aromatic nitrogens is 4. The summed E-state index contributed by atoms with van der Waals surface area (Å²) in [4.78, 5) is 8.67. The van der Waals surface area contributed by atoms with Crippen molar-refractivity contribution in [3.63, 3.8) is 0 Å². The first kappa shape index (κ1) is 24.2. The van der Waals surface area contributed by atoms with Gasteiger partial charge in [-0.3, -0.25) is 0 Å². The quantitative estimate of drug-likeness (QED) is 0.405. The summed E-state index contributed by atoms with van der Waals surface area (Å²) in [5, 5.41) is 15.3. The maximum absolute atomic E-state index is 12.9. The third-order valence-corrected chi connectivity index (χ3v) is 5.50. The van der Waals surface area contributed by atoms with E-state index in [-0.39, 0.29) is 6.61 Å². The predicted octanol–water partition coefficient (Wildman–Crippen LogP) is 4.83. The zero-order valence-electron chi connectivity index (χ0n) is 19.2.